The highest BCUT2D eigenvalue weighted by atomic mass is 16.5. The Hall–Kier alpha value is -0.860. The maximum Gasteiger partial charge on any atom is 0.105 e. The van der Waals surface area contributed by atoms with E-state index in [0.29, 0.717) is 12.5 Å². The van der Waals surface area contributed by atoms with Crippen LogP contribution in [-0.2, 0) is 4.74 Å². The molecule has 15 heavy (non-hydrogen) atoms. The number of hydrogen-bond acceptors (Lipinski definition) is 2. The van der Waals surface area contributed by atoms with E-state index in [0.717, 1.165) is 5.56 Å². The minimum atomic E-state index is -0.537. The molecule has 0 amide bonds. The smallest absolute Gasteiger partial charge is 0.105 e. The number of aliphatic hydroxyl groups is 1. The third kappa shape index (κ3) is 4.02. The summed E-state index contributed by atoms with van der Waals surface area (Å²) in [5.41, 5.74) is 0.911. The van der Waals surface area contributed by atoms with Crippen LogP contribution in [0.2, 0.25) is 0 Å². The number of ether oxygens (including phenoxy) is 1. The van der Waals surface area contributed by atoms with Gasteiger partial charge in [0, 0.05) is 6.61 Å². The van der Waals surface area contributed by atoms with Gasteiger partial charge in [-0.1, -0.05) is 44.2 Å². The highest BCUT2D eigenvalue weighted by molar-refractivity contribution is 5.18. The van der Waals surface area contributed by atoms with Crippen LogP contribution in [0, 0.1) is 5.92 Å². The molecule has 1 aromatic rings. The topological polar surface area (TPSA) is 29.5 Å². The first kappa shape index (κ1) is 12.2. The molecule has 0 fully saturated rings. The fourth-order valence-electron chi connectivity index (χ4n) is 1.36. The fourth-order valence-corrected chi connectivity index (χ4v) is 1.36. The normalized spacial score (nSPS) is 15.3. The maximum absolute atomic E-state index is 9.98. The summed E-state index contributed by atoms with van der Waals surface area (Å²) in [4.78, 5) is 0. The molecule has 0 heterocycles. The summed E-state index contributed by atoms with van der Waals surface area (Å²) in [6.45, 7) is 6.79. The Morgan fingerprint density at radius 2 is 1.73 bits per heavy atom. The van der Waals surface area contributed by atoms with Gasteiger partial charge in [0.05, 0.1) is 6.10 Å². The lowest BCUT2D eigenvalue weighted by Gasteiger charge is -2.20. The number of benzene rings is 1. The van der Waals surface area contributed by atoms with Crippen LogP contribution >= 0.6 is 0 Å². The summed E-state index contributed by atoms with van der Waals surface area (Å²) in [6.07, 6.45) is -0.695. The second-order valence-corrected chi connectivity index (χ2v) is 4.29. The predicted molar refractivity (Wildman–Crippen MR) is 61.7 cm³/mol. The zero-order valence-corrected chi connectivity index (χ0v) is 9.68. The Labute approximate surface area is 91.9 Å². The molecular weight excluding hydrogens is 188 g/mol. The third-order valence-electron chi connectivity index (χ3n) is 2.28. The summed E-state index contributed by atoms with van der Waals surface area (Å²) < 4.78 is 5.57. The summed E-state index contributed by atoms with van der Waals surface area (Å²) in [5.74, 6) is 0.496. The lowest BCUT2D eigenvalue weighted by Crippen LogP contribution is -2.20. The molecule has 0 bridgehead atoms. The molecule has 1 aromatic carbocycles. The van der Waals surface area contributed by atoms with Gasteiger partial charge in [0.2, 0.25) is 0 Å². The third-order valence-corrected chi connectivity index (χ3v) is 2.28. The van der Waals surface area contributed by atoms with Crippen LogP contribution in [0.1, 0.15) is 32.4 Å². The second-order valence-electron chi connectivity index (χ2n) is 4.29. The van der Waals surface area contributed by atoms with Crippen LogP contribution in [-0.4, -0.2) is 17.8 Å². The molecule has 2 heteroatoms. The fraction of sp³-hybridized carbons (Fsp3) is 0.538. The molecular formula is C13H20O2. The van der Waals surface area contributed by atoms with E-state index in [1.807, 2.05) is 37.3 Å². The van der Waals surface area contributed by atoms with Crippen molar-refractivity contribution in [3.05, 3.63) is 35.9 Å². The van der Waals surface area contributed by atoms with Crippen molar-refractivity contribution in [2.75, 3.05) is 6.61 Å². The van der Waals surface area contributed by atoms with Crippen LogP contribution in [0.4, 0.5) is 0 Å². The highest BCUT2D eigenvalue weighted by Gasteiger charge is 2.16. The number of hydrogen-bond donors (Lipinski definition) is 1. The van der Waals surface area contributed by atoms with E-state index in [1.165, 1.54) is 0 Å². The molecule has 2 nitrogen and oxygen atoms in total. The standard InChI is InChI=1S/C13H20O2/c1-10(2)9-15-11(3)13(14)12-7-5-4-6-8-12/h4-8,10-11,13-14H,9H2,1-3H3. The maximum atomic E-state index is 9.98. The van der Waals surface area contributed by atoms with Gasteiger partial charge < -0.3 is 9.84 Å². The molecule has 0 aliphatic rings. The molecule has 84 valence electrons. The molecule has 2 atom stereocenters. The van der Waals surface area contributed by atoms with Crippen molar-refractivity contribution in [1.82, 2.24) is 0 Å². The average molecular weight is 208 g/mol. The van der Waals surface area contributed by atoms with Crippen molar-refractivity contribution in [3.63, 3.8) is 0 Å². The minimum Gasteiger partial charge on any atom is -0.386 e. The summed E-state index contributed by atoms with van der Waals surface area (Å²) in [6, 6.07) is 9.62. The molecule has 0 radical (unpaired) electrons. The molecule has 0 saturated carbocycles. The molecule has 0 spiro atoms. The molecule has 2 unspecified atom stereocenters. The monoisotopic (exact) mass is 208 g/mol. The van der Waals surface area contributed by atoms with E-state index in [-0.39, 0.29) is 6.10 Å². The Morgan fingerprint density at radius 3 is 2.27 bits per heavy atom. The minimum absolute atomic E-state index is 0.158. The van der Waals surface area contributed by atoms with Crippen molar-refractivity contribution < 1.29 is 9.84 Å². The number of rotatable bonds is 5. The summed E-state index contributed by atoms with van der Waals surface area (Å²) in [5, 5.41) is 9.98. The van der Waals surface area contributed by atoms with E-state index in [1.54, 1.807) is 0 Å². The Kier molecular flexibility index (Phi) is 4.79. The average Bonchev–Trinajstić information content (AvgIpc) is 2.26. The SMILES string of the molecule is CC(C)COC(C)C(O)c1ccccc1. The first-order valence-electron chi connectivity index (χ1n) is 5.46. The predicted octanol–water partition coefficient (Wildman–Crippen LogP) is 2.78. The van der Waals surface area contributed by atoms with Crippen molar-refractivity contribution in [2.24, 2.45) is 5.92 Å². The Balaban J connectivity index is 2.49. The molecule has 0 saturated heterocycles. The molecule has 0 aliphatic heterocycles. The lowest BCUT2D eigenvalue weighted by atomic mass is 10.1. The zero-order valence-electron chi connectivity index (χ0n) is 9.68. The van der Waals surface area contributed by atoms with Gasteiger partial charge in [0.1, 0.15) is 6.10 Å². The highest BCUT2D eigenvalue weighted by Crippen LogP contribution is 2.18. The van der Waals surface area contributed by atoms with Gasteiger partial charge in [-0.25, -0.2) is 0 Å². The van der Waals surface area contributed by atoms with Gasteiger partial charge in [-0.2, -0.15) is 0 Å². The van der Waals surface area contributed by atoms with E-state index < -0.39 is 6.10 Å². The van der Waals surface area contributed by atoms with Crippen LogP contribution in [0.5, 0.6) is 0 Å². The first-order valence-corrected chi connectivity index (χ1v) is 5.46. The van der Waals surface area contributed by atoms with Gasteiger partial charge in [-0.3, -0.25) is 0 Å². The molecule has 1 rings (SSSR count). The van der Waals surface area contributed by atoms with Crippen LogP contribution in [0.15, 0.2) is 30.3 Å². The first-order chi connectivity index (χ1) is 7.11. The largest absolute Gasteiger partial charge is 0.386 e. The van der Waals surface area contributed by atoms with Gasteiger partial charge in [0.25, 0.3) is 0 Å². The van der Waals surface area contributed by atoms with Crippen molar-refractivity contribution >= 4 is 0 Å². The number of aliphatic hydroxyl groups excluding tert-OH is 1. The summed E-state index contributed by atoms with van der Waals surface area (Å²) >= 11 is 0. The Bertz CT molecular complexity index is 269. The van der Waals surface area contributed by atoms with Crippen LogP contribution in [0.25, 0.3) is 0 Å². The quantitative estimate of drug-likeness (QED) is 0.806. The zero-order chi connectivity index (χ0) is 11.3. The van der Waals surface area contributed by atoms with Crippen LogP contribution < -0.4 is 0 Å². The van der Waals surface area contributed by atoms with Gasteiger partial charge >= 0.3 is 0 Å². The van der Waals surface area contributed by atoms with Crippen LogP contribution in [0.3, 0.4) is 0 Å². The second kappa shape index (κ2) is 5.89. The molecule has 0 aliphatic carbocycles. The van der Waals surface area contributed by atoms with Crippen molar-refractivity contribution in [1.29, 1.82) is 0 Å². The van der Waals surface area contributed by atoms with Crippen molar-refractivity contribution in [2.45, 2.75) is 33.0 Å². The molecule has 0 aromatic heterocycles. The Morgan fingerprint density at radius 1 is 1.13 bits per heavy atom. The van der Waals surface area contributed by atoms with Gasteiger partial charge in [0.15, 0.2) is 0 Å². The summed E-state index contributed by atoms with van der Waals surface area (Å²) in [7, 11) is 0. The van der Waals surface area contributed by atoms with Gasteiger partial charge in [-0.05, 0) is 18.4 Å². The van der Waals surface area contributed by atoms with E-state index >= 15 is 0 Å². The van der Waals surface area contributed by atoms with Gasteiger partial charge in [-0.15, -0.1) is 0 Å². The van der Waals surface area contributed by atoms with Crippen molar-refractivity contribution in [3.8, 4) is 0 Å². The van der Waals surface area contributed by atoms with E-state index in [2.05, 4.69) is 13.8 Å². The van der Waals surface area contributed by atoms with E-state index in [9.17, 15) is 5.11 Å². The lowest BCUT2D eigenvalue weighted by molar-refractivity contribution is -0.0371. The molecule has 1 N–H and O–H groups in total. The van der Waals surface area contributed by atoms with E-state index in [4.69, 9.17) is 4.74 Å².